The molecule has 1 unspecified atom stereocenters. The molecular formula is C16H24FNO3. The third-order valence-corrected chi connectivity index (χ3v) is 3.40. The third-order valence-electron chi connectivity index (χ3n) is 3.40. The van der Waals surface area contributed by atoms with Crippen LogP contribution in [0.5, 0.6) is 5.75 Å². The lowest BCUT2D eigenvalue weighted by Gasteiger charge is -2.28. The van der Waals surface area contributed by atoms with Crippen molar-refractivity contribution in [3.63, 3.8) is 0 Å². The zero-order valence-corrected chi connectivity index (χ0v) is 13.2. The van der Waals surface area contributed by atoms with E-state index in [0.717, 1.165) is 18.5 Å². The lowest BCUT2D eigenvalue weighted by atomic mass is 9.98. The molecule has 0 aliphatic heterocycles. The van der Waals surface area contributed by atoms with Crippen LogP contribution in [0.1, 0.15) is 32.3 Å². The number of methoxy groups -OCH3 is 1. The quantitative estimate of drug-likeness (QED) is 0.750. The maximum Gasteiger partial charge on any atom is 0.325 e. The van der Waals surface area contributed by atoms with Crippen molar-refractivity contribution in [2.24, 2.45) is 0 Å². The zero-order chi connectivity index (χ0) is 15.9. The van der Waals surface area contributed by atoms with Crippen LogP contribution in [0, 0.1) is 12.7 Å². The zero-order valence-electron chi connectivity index (χ0n) is 13.2. The molecule has 0 amide bonds. The van der Waals surface area contributed by atoms with E-state index in [2.05, 4.69) is 5.32 Å². The van der Waals surface area contributed by atoms with E-state index < -0.39 is 5.54 Å². The molecule has 0 aliphatic rings. The molecule has 118 valence electrons. The lowest BCUT2D eigenvalue weighted by Crippen LogP contribution is -2.51. The SMILES string of the molecule is CCCNC(C)(CCOc1ccc(F)cc1C)C(=O)OC. The molecular weight excluding hydrogens is 273 g/mol. The highest BCUT2D eigenvalue weighted by Gasteiger charge is 2.33. The summed E-state index contributed by atoms with van der Waals surface area (Å²) in [5.41, 5.74) is -0.0464. The average molecular weight is 297 g/mol. The Morgan fingerprint density at radius 3 is 2.71 bits per heavy atom. The molecule has 4 nitrogen and oxygen atoms in total. The smallest absolute Gasteiger partial charge is 0.325 e. The van der Waals surface area contributed by atoms with Crippen molar-refractivity contribution >= 4 is 5.97 Å². The fourth-order valence-electron chi connectivity index (χ4n) is 2.03. The second-order valence-corrected chi connectivity index (χ2v) is 5.26. The van der Waals surface area contributed by atoms with Gasteiger partial charge in [0.1, 0.15) is 17.1 Å². The second kappa shape index (κ2) is 7.98. The summed E-state index contributed by atoms with van der Waals surface area (Å²) in [5, 5.41) is 3.19. The van der Waals surface area contributed by atoms with Crippen LogP contribution in [0.4, 0.5) is 4.39 Å². The highest BCUT2D eigenvalue weighted by molar-refractivity contribution is 5.80. The Bertz CT molecular complexity index is 479. The summed E-state index contributed by atoms with van der Waals surface area (Å²) < 4.78 is 23.5. The molecule has 21 heavy (non-hydrogen) atoms. The van der Waals surface area contributed by atoms with Gasteiger partial charge in [0.2, 0.25) is 0 Å². The van der Waals surface area contributed by atoms with Gasteiger partial charge >= 0.3 is 5.97 Å². The molecule has 0 heterocycles. The molecule has 0 aliphatic carbocycles. The first-order valence-electron chi connectivity index (χ1n) is 7.15. The number of carbonyl (C=O) groups excluding carboxylic acids is 1. The van der Waals surface area contributed by atoms with Gasteiger partial charge in [-0.3, -0.25) is 4.79 Å². The van der Waals surface area contributed by atoms with Gasteiger partial charge in [0, 0.05) is 6.42 Å². The number of nitrogens with one attached hydrogen (secondary N) is 1. The summed E-state index contributed by atoms with van der Waals surface area (Å²) >= 11 is 0. The second-order valence-electron chi connectivity index (χ2n) is 5.26. The summed E-state index contributed by atoms with van der Waals surface area (Å²) in [4.78, 5) is 11.9. The number of halogens is 1. The number of hydrogen-bond acceptors (Lipinski definition) is 4. The number of hydrogen-bond donors (Lipinski definition) is 1. The van der Waals surface area contributed by atoms with Gasteiger partial charge in [-0.2, -0.15) is 0 Å². The number of carbonyl (C=O) groups is 1. The normalized spacial score (nSPS) is 13.6. The molecule has 0 saturated heterocycles. The van der Waals surface area contributed by atoms with Crippen molar-refractivity contribution in [2.45, 2.75) is 39.2 Å². The van der Waals surface area contributed by atoms with Gasteiger partial charge in [0.15, 0.2) is 0 Å². The first-order chi connectivity index (χ1) is 9.92. The summed E-state index contributed by atoms with van der Waals surface area (Å²) in [6.07, 6.45) is 1.39. The minimum atomic E-state index is -0.779. The van der Waals surface area contributed by atoms with Gasteiger partial charge in [-0.05, 0) is 50.6 Å². The van der Waals surface area contributed by atoms with Crippen LogP contribution in [-0.2, 0) is 9.53 Å². The standard InChI is InChI=1S/C16H24FNO3/c1-5-9-18-16(3,15(19)20-4)8-10-21-14-7-6-13(17)11-12(14)2/h6-7,11,18H,5,8-10H2,1-4H3. The van der Waals surface area contributed by atoms with Gasteiger partial charge in [-0.15, -0.1) is 0 Å². The number of esters is 1. The van der Waals surface area contributed by atoms with Crippen LogP contribution in [0.25, 0.3) is 0 Å². The number of aryl methyl sites for hydroxylation is 1. The molecule has 1 N–H and O–H groups in total. The summed E-state index contributed by atoms with van der Waals surface area (Å²) in [6, 6.07) is 4.38. The van der Waals surface area contributed by atoms with Gasteiger partial charge < -0.3 is 14.8 Å². The molecule has 0 saturated carbocycles. The molecule has 1 aromatic rings. The van der Waals surface area contributed by atoms with Crippen molar-refractivity contribution in [2.75, 3.05) is 20.3 Å². The Morgan fingerprint density at radius 2 is 2.14 bits per heavy atom. The largest absolute Gasteiger partial charge is 0.493 e. The first kappa shape index (κ1) is 17.4. The van der Waals surface area contributed by atoms with Crippen molar-refractivity contribution in [3.8, 4) is 5.75 Å². The van der Waals surface area contributed by atoms with Gasteiger partial charge in [-0.1, -0.05) is 6.92 Å². The highest BCUT2D eigenvalue weighted by atomic mass is 19.1. The van der Waals surface area contributed by atoms with E-state index in [-0.39, 0.29) is 11.8 Å². The van der Waals surface area contributed by atoms with Crippen LogP contribution in [0.15, 0.2) is 18.2 Å². The Labute approximate surface area is 125 Å². The van der Waals surface area contributed by atoms with E-state index in [0.29, 0.717) is 18.8 Å². The highest BCUT2D eigenvalue weighted by Crippen LogP contribution is 2.20. The van der Waals surface area contributed by atoms with E-state index in [1.54, 1.807) is 19.9 Å². The van der Waals surface area contributed by atoms with Gasteiger partial charge in [0.25, 0.3) is 0 Å². The number of benzene rings is 1. The molecule has 1 aromatic carbocycles. The summed E-state index contributed by atoms with van der Waals surface area (Å²) in [5.74, 6) is 0.0262. The lowest BCUT2D eigenvalue weighted by molar-refractivity contribution is -0.148. The molecule has 0 radical (unpaired) electrons. The molecule has 0 bridgehead atoms. The van der Waals surface area contributed by atoms with E-state index in [1.807, 2.05) is 6.92 Å². The topological polar surface area (TPSA) is 47.6 Å². The monoisotopic (exact) mass is 297 g/mol. The predicted octanol–water partition coefficient (Wildman–Crippen LogP) is 2.83. The van der Waals surface area contributed by atoms with E-state index in [1.165, 1.54) is 19.2 Å². The first-order valence-corrected chi connectivity index (χ1v) is 7.15. The molecule has 0 fully saturated rings. The molecule has 5 heteroatoms. The molecule has 1 rings (SSSR count). The third kappa shape index (κ3) is 5.01. The molecule has 1 atom stereocenters. The van der Waals surface area contributed by atoms with Crippen LogP contribution in [0.2, 0.25) is 0 Å². The minimum Gasteiger partial charge on any atom is -0.493 e. The van der Waals surface area contributed by atoms with Crippen LogP contribution >= 0.6 is 0 Å². The van der Waals surface area contributed by atoms with Gasteiger partial charge in [-0.25, -0.2) is 4.39 Å². The maximum absolute atomic E-state index is 13.0. The Morgan fingerprint density at radius 1 is 1.43 bits per heavy atom. The summed E-state index contributed by atoms with van der Waals surface area (Å²) in [6.45, 7) is 6.68. The van der Waals surface area contributed by atoms with Crippen molar-refractivity contribution in [1.82, 2.24) is 5.32 Å². The van der Waals surface area contributed by atoms with E-state index >= 15 is 0 Å². The van der Waals surface area contributed by atoms with Gasteiger partial charge in [0.05, 0.1) is 13.7 Å². The Hall–Kier alpha value is -1.62. The fourth-order valence-corrected chi connectivity index (χ4v) is 2.03. The van der Waals surface area contributed by atoms with Crippen LogP contribution in [0.3, 0.4) is 0 Å². The Balaban J connectivity index is 2.62. The van der Waals surface area contributed by atoms with Crippen molar-refractivity contribution in [1.29, 1.82) is 0 Å². The van der Waals surface area contributed by atoms with Crippen LogP contribution < -0.4 is 10.1 Å². The Kier molecular flexibility index (Phi) is 6.62. The van der Waals surface area contributed by atoms with Crippen molar-refractivity contribution < 1.29 is 18.7 Å². The van der Waals surface area contributed by atoms with E-state index in [9.17, 15) is 9.18 Å². The van der Waals surface area contributed by atoms with Crippen molar-refractivity contribution in [3.05, 3.63) is 29.6 Å². The number of ether oxygens (including phenoxy) is 2. The summed E-state index contributed by atoms with van der Waals surface area (Å²) in [7, 11) is 1.37. The fraction of sp³-hybridized carbons (Fsp3) is 0.562. The predicted molar refractivity (Wildman–Crippen MR) is 80.0 cm³/mol. The molecule has 0 spiro atoms. The minimum absolute atomic E-state index is 0.288. The van der Waals surface area contributed by atoms with Crippen LogP contribution in [-0.4, -0.2) is 31.8 Å². The molecule has 0 aromatic heterocycles. The maximum atomic E-state index is 13.0. The number of rotatable bonds is 8. The van der Waals surface area contributed by atoms with E-state index in [4.69, 9.17) is 9.47 Å². The average Bonchev–Trinajstić information content (AvgIpc) is 2.46.